The molecule has 0 atom stereocenters. The molecule has 0 spiro atoms. The van der Waals surface area contributed by atoms with E-state index in [1.54, 1.807) is 32.0 Å². The molecule has 27 heavy (non-hydrogen) atoms. The SMILES string of the molecule is CCOC(=O)c1c2c(n(-c3ccccc3)c1C)-c1ccccc1C(=O)C2=O. The highest BCUT2D eigenvalue weighted by Gasteiger charge is 2.39. The van der Waals surface area contributed by atoms with E-state index in [2.05, 4.69) is 0 Å². The Morgan fingerprint density at radius 1 is 0.926 bits per heavy atom. The van der Waals surface area contributed by atoms with Crippen LogP contribution in [-0.4, -0.2) is 28.7 Å². The fourth-order valence-electron chi connectivity index (χ4n) is 3.64. The molecule has 1 aliphatic rings. The van der Waals surface area contributed by atoms with Crippen LogP contribution >= 0.6 is 0 Å². The third kappa shape index (κ3) is 2.43. The lowest BCUT2D eigenvalue weighted by Crippen LogP contribution is -2.23. The molecule has 1 aliphatic carbocycles. The summed E-state index contributed by atoms with van der Waals surface area (Å²) in [6, 6.07) is 16.4. The minimum Gasteiger partial charge on any atom is -0.462 e. The van der Waals surface area contributed by atoms with Gasteiger partial charge in [-0.05, 0) is 26.0 Å². The van der Waals surface area contributed by atoms with Gasteiger partial charge in [-0.1, -0.05) is 42.5 Å². The van der Waals surface area contributed by atoms with Gasteiger partial charge in [-0.15, -0.1) is 0 Å². The Bertz CT molecular complexity index is 1090. The predicted octanol–water partition coefficient (Wildman–Crippen LogP) is 4.01. The summed E-state index contributed by atoms with van der Waals surface area (Å²) in [5.74, 6) is -1.88. The smallest absolute Gasteiger partial charge is 0.340 e. The van der Waals surface area contributed by atoms with Gasteiger partial charge in [0.2, 0.25) is 11.6 Å². The molecule has 0 saturated carbocycles. The molecule has 0 amide bonds. The van der Waals surface area contributed by atoms with E-state index in [9.17, 15) is 14.4 Å². The summed E-state index contributed by atoms with van der Waals surface area (Å²) in [4.78, 5) is 38.2. The van der Waals surface area contributed by atoms with Gasteiger partial charge in [0, 0.05) is 22.5 Å². The van der Waals surface area contributed by atoms with Crippen LogP contribution in [0.25, 0.3) is 16.9 Å². The van der Waals surface area contributed by atoms with Crippen LogP contribution in [0.5, 0.6) is 0 Å². The van der Waals surface area contributed by atoms with Crippen molar-refractivity contribution in [3.63, 3.8) is 0 Å². The number of fused-ring (bicyclic) bond motifs is 3. The predicted molar refractivity (Wildman–Crippen MR) is 101 cm³/mol. The quantitative estimate of drug-likeness (QED) is 0.523. The van der Waals surface area contributed by atoms with Crippen molar-refractivity contribution in [2.24, 2.45) is 0 Å². The molecule has 3 aromatic rings. The number of nitrogens with zero attached hydrogens (tertiary/aromatic N) is 1. The van der Waals surface area contributed by atoms with Crippen molar-refractivity contribution in [3.05, 3.63) is 77.0 Å². The number of aromatic nitrogens is 1. The molecule has 0 unspecified atom stereocenters. The highest BCUT2D eigenvalue weighted by atomic mass is 16.5. The molecule has 5 heteroatoms. The second kappa shape index (κ2) is 6.36. The number of hydrogen-bond donors (Lipinski definition) is 0. The average molecular weight is 359 g/mol. The zero-order valence-electron chi connectivity index (χ0n) is 15.0. The van der Waals surface area contributed by atoms with Gasteiger partial charge >= 0.3 is 5.97 Å². The van der Waals surface area contributed by atoms with E-state index in [0.29, 0.717) is 22.5 Å². The van der Waals surface area contributed by atoms with E-state index >= 15 is 0 Å². The number of carbonyl (C=O) groups excluding carboxylic acids is 3. The first-order valence-corrected chi connectivity index (χ1v) is 8.72. The molecule has 0 N–H and O–H groups in total. The van der Waals surface area contributed by atoms with E-state index in [4.69, 9.17) is 4.74 Å². The largest absolute Gasteiger partial charge is 0.462 e. The maximum absolute atomic E-state index is 12.9. The van der Waals surface area contributed by atoms with Crippen LogP contribution in [0.1, 0.15) is 43.7 Å². The number of hydrogen-bond acceptors (Lipinski definition) is 4. The van der Waals surface area contributed by atoms with Gasteiger partial charge in [0.05, 0.1) is 23.4 Å². The lowest BCUT2D eigenvalue weighted by molar-refractivity contribution is 0.0522. The first kappa shape index (κ1) is 17.0. The van der Waals surface area contributed by atoms with Crippen LogP contribution in [-0.2, 0) is 4.74 Å². The Hall–Kier alpha value is -3.47. The van der Waals surface area contributed by atoms with Gasteiger partial charge in [0.15, 0.2) is 0 Å². The Kier molecular flexibility index (Phi) is 4.00. The maximum Gasteiger partial charge on any atom is 0.340 e. The molecule has 0 aliphatic heterocycles. The summed E-state index contributed by atoms with van der Waals surface area (Å²) in [5, 5.41) is 0. The molecule has 0 bridgehead atoms. The Morgan fingerprint density at radius 2 is 1.56 bits per heavy atom. The minimum atomic E-state index is -0.676. The minimum absolute atomic E-state index is 0.124. The number of esters is 1. The molecule has 0 fully saturated rings. The molecular weight excluding hydrogens is 342 g/mol. The number of ketones is 2. The molecule has 0 saturated heterocycles. The molecule has 2 aromatic carbocycles. The highest BCUT2D eigenvalue weighted by molar-refractivity contribution is 6.54. The van der Waals surface area contributed by atoms with E-state index < -0.39 is 17.5 Å². The topological polar surface area (TPSA) is 65.4 Å². The van der Waals surface area contributed by atoms with Crippen molar-refractivity contribution in [2.75, 3.05) is 6.61 Å². The van der Waals surface area contributed by atoms with Gasteiger partial charge < -0.3 is 9.30 Å². The van der Waals surface area contributed by atoms with E-state index in [-0.39, 0.29) is 17.7 Å². The Morgan fingerprint density at radius 3 is 2.22 bits per heavy atom. The first-order chi connectivity index (χ1) is 13.1. The molecule has 4 rings (SSSR count). The van der Waals surface area contributed by atoms with Crippen molar-refractivity contribution in [1.29, 1.82) is 0 Å². The average Bonchev–Trinajstić information content (AvgIpc) is 3.00. The molecule has 1 heterocycles. The summed E-state index contributed by atoms with van der Waals surface area (Å²) in [6.07, 6.45) is 0. The van der Waals surface area contributed by atoms with Crippen molar-refractivity contribution in [2.45, 2.75) is 13.8 Å². The van der Waals surface area contributed by atoms with Crippen LogP contribution in [0, 0.1) is 6.92 Å². The Labute approximate surface area is 156 Å². The highest BCUT2D eigenvalue weighted by Crippen LogP contribution is 2.40. The number of ether oxygens (including phenoxy) is 1. The van der Waals surface area contributed by atoms with Gasteiger partial charge in [-0.25, -0.2) is 4.79 Å². The first-order valence-electron chi connectivity index (χ1n) is 8.72. The van der Waals surface area contributed by atoms with Crippen LogP contribution in [0.15, 0.2) is 54.6 Å². The third-order valence-electron chi connectivity index (χ3n) is 4.76. The van der Waals surface area contributed by atoms with Gasteiger partial charge in [-0.3, -0.25) is 9.59 Å². The summed E-state index contributed by atoms with van der Waals surface area (Å²) in [5.41, 5.74) is 3.20. The van der Waals surface area contributed by atoms with Crippen molar-refractivity contribution >= 4 is 17.5 Å². The van der Waals surface area contributed by atoms with Gasteiger partial charge in [0.1, 0.15) is 0 Å². The van der Waals surface area contributed by atoms with E-state index in [1.807, 2.05) is 41.0 Å². The van der Waals surface area contributed by atoms with Crippen LogP contribution in [0.4, 0.5) is 0 Å². The number of Topliss-reactive ketones (excluding diaryl/α,β-unsaturated/α-hetero) is 2. The van der Waals surface area contributed by atoms with E-state index in [0.717, 1.165) is 5.69 Å². The lowest BCUT2D eigenvalue weighted by Gasteiger charge is -2.18. The van der Waals surface area contributed by atoms with Gasteiger partial charge in [0.25, 0.3) is 0 Å². The monoisotopic (exact) mass is 359 g/mol. The summed E-state index contributed by atoms with van der Waals surface area (Å²) in [6.45, 7) is 3.65. The molecular formula is C22H17NO4. The third-order valence-corrected chi connectivity index (χ3v) is 4.76. The maximum atomic E-state index is 12.9. The van der Waals surface area contributed by atoms with Crippen molar-refractivity contribution in [1.82, 2.24) is 4.57 Å². The lowest BCUT2D eigenvalue weighted by atomic mass is 9.86. The standard InChI is InChI=1S/C22H17NO4/c1-3-27-22(26)17-13(2)23(14-9-5-4-6-10-14)19-15-11-7-8-12-16(15)20(24)21(25)18(17)19/h4-12H,3H2,1-2H3. The van der Waals surface area contributed by atoms with Crippen molar-refractivity contribution < 1.29 is 19.1 Å². The van der Waals surface area contributed by atoms with Crippen LogP contribution in [0.2, 0.25) is 0 Å². The molecule has 5 nitrogen and oxygen atoms in total. The molecule has 0 radical (unpaired) electrons. The summed E-state index contributed by atoms with van der Waals surface area (Å²) in [7, 11) is 0. The number of carbonyl (C=O) groups is 3. The molecule has 134 valence electrons. The summed E-state index contributed by atoms with van der Waals surface area (Å²) < 4.78 is 7.03. The number of rotatable bonds is 3. The molecule has 1 aromatic heterocycles. The summed E-state index contributed by atoms with van der Waals surface area (Å²) >= 11 is 0. The normalized spacial score (nSPS) is 12.5. The van der Waals surface area contributed by atoms with E-state index in [1.165, 1.54) is 0 Å². The van der Waals surface area contributed by atoms with Crippen molar-refractivity contribution in [3.8, 4) is 16.9 Å². The second-order valence-corrected chi connectivity index (χ2v) is 6.28. The second-order valence-electron chi connectivity index (χ2n) is 6.28. The fraction of sp³-hybridized carbons (Fsp3) is 0.136. The van der Waals surface area contributed by atoms with Gasteiger partial charge in [-0.2, -0.15) is 0 Å². The van der Waals surface area contributed by atoms with Crippen LogP contribution < -0.4 is 0 Å². The van der Waals surface area contributed by atoms with Crippen LogP contribution in [0.3, 0.4) is 0 Å². The zero-order valence-corrected chi connectivity index (χ0v) is 15.0. The zero-order chi connectivity index (χ0) is 19.1. The Balaban J connectivity index is 2.14. The number of benzene rings is 2. The fourth-order valence-corrected chi connectivity index (χ4v) is 3.64. The number of para-hydroxylation sites is 1.